The molecule has 3 aromatic heterocycles. The van der Waals surface area contributed by atoms with Crippen molar-refractivity contribution in [2.45, 2.75) is 44.3 Å². The number of hydrogen-bond donors (Lipinski definition) is 2. The molecule has 0 aliphatic carbocycles. The first-order valence-electron chi connectivity index (χ1n) is 9.78. The van der Waals surface area contributed by atoms with Crippen molar-refractivity contribution in [1.29, 1.82) is 0 Å². The minimum absolute atomic E-state index is 0.171. The highest BCUT2D eigenvalue weighted by atomic mass is 19.4. The van der Waals surface area contributed by atoms with Crippen LogP contribution in [0, 0.1) is 0 Å². The molecular formula is C19H18F3N7O2. The summed E-state index contributed by atoms with van der Waals surface area (Å²) >= 11 is 0. The SMILES string of the molecule is CC1(c2nnc(-c3c(Nc4ccc(C(F)(F)F)cn4)nn4c3CCC4)o2)CCNC1=O. The number of halogens is 3. The van der Waals surface area contributed by atoms with Crippen LogP contribution in [-0.2, 0) is 29.4 Å². The van der Waals surface area contributed by atoms with Crippen molar-refractivity contribution in [3.8, 4) is 11.5 Å². The molecule has 0 saturated carbocycles. The molecule has 0 spiro atoms. The van der Waals surface area contributed by atoms with Crippen molar-refractivity contribution in [2.75, 3.05) is 11.9 Å². The third-order valence-corrected chi connectivity index (χ3v) is 5.70. The Kier molecular flexibility index (Phi) is 4.27. The summed E-state index contributed by atoms with van der Waals surface area (Å²) in [5.74, 6) is 0.809. The van der Waals surface area contributed by atoms with E-state index in [1.54, 1.807) is 11.6 Å². The number of nitrogens with one attached hydrogen (secondary N) is 2. The van der Waals surface area contributed by atoms with E-state index in [-0.39, 0.29) is 23.5 Å². The van der Waals surface area contributed by atoms with E-state index >= 15 is 0 Å². The van der Waals surface area contributed by atoms with Gasteiger partial charge >= 0.3 is 6.18 Å². The van der Waals surface area contributed by atoms with Gasteiger partial charge in [-0.15, -0.1) is 10.2 Å². The lowest BCUT2D eigenvalue weighted by Gasteiger charge is -2.14. The fourth-order valence-electron chi connectivity index (χ4n) is 3.89. The molecule has 2 aliphatic heterocycles. The third kappa shape index (κ3) is 3.22. The van der Waals surface area contributed by atoms with Crippen LogP contribution in [0.25, 0.3) is 11.5 Å². The summed E-state index contributed by atoms with van der Waals surface area (Å²) in [7, 11) is 0. The van der Waals surface area contributed by atoms with E-state index in [9.17, 15) is 18.0 Å². The molecule has 2 aliphatic rings. The number of nitrogens with zero attached hydrogens (tertiary/aromatic N) is 5. The van der Waals surface area contributed by atoms with Crippen LogP contribution in [-0.4, -0.2) is 37.4 Å². The fraction of sp³-hybridized carbons (Fsp3) is 0.421. The highest BCUT2D eigenvalue weighted by Crippen LogP contribution is 2.38. The van der Waals surface area contributed by atoms with Crippen LogP contribution in [0.4, 0.5) is 24.8 Å². The number of alkyl halides is 3. The average molecular weight is 433 g/mol. The van der Waals surface area contributed by atoms with Gasteiger partial charge in [-0.05, 0) is 38.3 Å². The van der Waals surface area contributed by atoms with Gasteiger partial charge in [-0.3, -0.25) is 9.48 Å². The van der Waals surface area contributed by atoms with Gasteiger partial charge in [-0.1, -0.05) is 0 Å². The van der Waals surface area contributed by atoms with Crippen molar-refractivity contribution in [3.05, 3.63) is 35.5 Å². The molecule has 0 aromatic carbocycles. The molecule has 1 fully saturated rings. The van der Waals surface area contributed by atoms with Gasteiger partial charge in [0, 0.05) is 19.3 Å². The summed E-state index contributed by atoms with van der Waals surface area (Å²) in [5, 5.41) is 18.5. The van der Waals surface area contributed by atoms with Crippen LogP contribution in [0.3, 0.4) is 0 Å². The molecule has 2 N–H and O–H groups in total. The largest absolute Gasteiger partial charge is 0.419 e. The van der Waals surface area contributed by atoms with Crippen LogP contribution in [0.1, 0.15) is 36.9 Å². The summed E-state index contributed by atoms with van der Waals surface area (Å²) in [5.41, 5.74) is -0.287. The first-order chi connectivity index (χ1) is 14.8. The molecule has 31 heavy (non-hydrogen) atoms. The Bertz CT molecular complexity index is 1150. The van der Waals surface area contributed by atoms with Crippen LogP contribution in [0.2, 0.25) is 0 Å². The zero-order chi connectivity index (χ0) is 21.8. The summed E-state index contributed by atoms with van der Waals surface area (Å²) < 4.78 is 46.1. The number of fused-ring (bicyclic) bond motifs is 1. The van der Waals surface area contributed by atoms with Crippen molar-refractivity contribution >= 4 is 17.5 Å². The van der Waals surface area contributed by atoms with Crippen molar-refractivity contribution in [3.63, 3.8) is 0 Å². The van der Waals surface area contributed by atoms with Crippen LogP contribution in [0.15, 0.2) is 22.7 Å². The van der Waals surface area contributed by atoms with E-state index in [0.717, 1.165) is 30.8 Å². The van der Waals surface area contributed by atoms with E-state index < -0.39 is 17.2 Å². The standard InChI is InChI=1S/C19H18F3N7O2/c1-18(6-7-23-16(18)30)17-27-26-15(31-17)13-11-3-2-8-29(11)28-14(13)25-12-5-4-10(9-24-12)19(20,21)22/h4-5,9H,2-3,6-8H2,1H3,(H,23,30)(H,24,25,28). The molecule has 5 rings (SSSR count). The Morgan fingerprint density at radius 3 is 2.81 bits per heavy atom. The normalized spacial score (nSPS) is 20.7. The second-order valence-corrected chi connectivity index (χ2v) is 7.80. The molecule has 162 valence electrons. The molecule has 1 unspecified atom stereocenters. The van der Waals surface area contributed by atoms with E-state index in [2.05, 4.69) is 30.9 Å². The molecule has 0 bridgehead atoms. The number of aryl methyl sites for hydroxylation is 1. The molecule has 1 saturated heterocycles. The number of rotatable bonds is 4. The van der Waals surface area contributed by atoms with Crippen molar-refractivity contribution in [2.24, 2.45) is 0 Å². The van der Waals surface area contributed by atoms with E-state index in [4.69, 9.17) is 4.42 Å². The topological polar surface area (TPSA) is 111 Å². The summed E-state index contributed by atoms with van der Waals surface area (Å²) in [6.45, 7) is 2.98. The molecule has 1 amide bonds. The zero-order valence-corrected chi connectivity index (χ0v) is 16.5. The number of amides is 1. The smallest absolute Gasteiger partial charge is 0.417 e. The van der Waals surface area contributed by atoms with E-state index in [0.29, 0.717) is 30.9 Å². The molecule has 9 nitrogen and oxygen atoms in total. The Morgan fingerprint density at radius 2 is 2.13 bits per heavy atom. The maximum absolute atomic E-state index is 12.8. The molecule has 1 atom stereocenters. The van der Waals surface area contributed by atoms with Gasteiger partial charge in [-0.25, -0.2) is 4.98 Å². The van der Waals surface area contributed by atoms with E-state index in [1.165, 1.54) is 6.07 Å². The maximum Gasteiger partial charge on any atom is 0.417 e. The van der Waals surface area contributed by atoms with Crippen LogP contribution in [0.5, 0.6) is 0 Å². The minimum Gasteiger partial charge on any atom is -0.419 e. The zero-order valence-electron chi connectivity index (χ0n) is 16.5. The number of hydrogen-bond acceptors (Lipinski definition) is 7. The predicted octanol–water partition coefficient (Wildman–Crippen LogP) is 2.81. The lowest BCUT2D eigenvalue weighted by Crippen LogP contribution is -2.32. The van der Waals surface area contributed by atoms with Gasteiger partial charge < -0.3 is 15.1 Å². The number of carbonyl (C=O) groups is 1. The number of anilines is 2. The highest BCUT2D eigenvalue weighted by molar-refractivity contribution is 5.88. The fourth-order valence-corrected chi connectivity index (χ4v) is 3.89. The first kappa shape index (κ1) is 19.5. The lowest BCUT2D eigenvalue weighted by molar-refractivity contribution is -0.137. The van der Waals surface area contributed by atoms with E-state index in [1.807, 2.05) is 0 Å². The van der Waals surface area contributed by atoms with Gasteiger partial charge in [0.2, 0.25) is 11.8 Å². The Labute approximate surface area is 174 Å². The highest BCUT2D eigenvalue weighted by Gasteiger charge is 2.44. The third-order valence-electron chi connectivity index (χ3n) is 5.70. The molecule has 3 aromatic rings. The van der Waals surface area contributed by atoms with Crippen LogP contribution < -0.4 is 10.6 Å². The Hall–Kier alpha value is -3.44. The summed E-state index contributed by atoms with van der Waals surface area (Å²) in [6.07, 6.45) is -1.53. The van der Waals surface area contributed by atoms with Gasteiger partial charge in [-0.2, -0.15) is 18.3 Å². The predicted molar refractivity (Wildman–Crippen MR) is 101 cm³/mol. The van der Waals surface area contributed by atoms with Gasteiger partial charge in [0.15, 0.2) is 5.82 Å². The average Bonchev–Trinajstić information content (AvgIpc) is 3.47. The number of aromatic nitrogens is 5. The quantitative estimate of drug-likeness (QED) is 0.651. The maximum atomic E-state index is 12.8. The molecule has 12 heteroatoms. The van der Waals surface area contributed by atoms with Crippen LogP contribution >= 0.6 is 0 Å². The van der Waals surface area contributed by atoms with Gasteiger partial charge in [0.25, 0.3) is 5.89 Å². The summed E-state index contributed by atoms with van der Waals surface area (Å²) in [4.78, 5) is 16.1. The van der Waals surface area contributed by atoms with Gasteiger partial charge in [0.1, 0.15) is 16.8 Å². The lowest BCUT2D eigenvalue weighted by atomic mass is 9.89. The second-order valence-electron chi connectivity index (χ2n) is 7.80. The van der Waals surface area contributed by atoms with Crippen molar-refractivity contribution in [1.82, 2.24) is 30.3 Å². The molecule has 5 heterocycles. The first-order valence-corrected chi connectivity index (χ1v) is 9.78. The Morgan fingerprint density at radius 1 is 1.29 bits per heavy atom. The summed E-state index contributed by atoms with van der Waals surface area (Å²) in [6, 6.07) is 2.18. The molecule has 0 radical (unpaired) electrons. The monoisotopic (exact) mass is 433 g/mol. The van der Waals surface area contributed by atoms with Gasteiger partial charge in [0.05, 0.1) is 11.3 Å². The molecular weight excluding hydrogens is 415 g/mol. The number of pyridine rings is 1. The second kappa shape index (κ2) is 6.79. The minimum atomic E-state index is -4.46. The number of carbonyl (C=O) groups excluding carboxylic acids is 1. The van der Waals surface area contributed by atoms with Crippen molar-refractivity contribution < 1.29 is 22.4 Å². The Balaban J connectivity index is 1.50.